The van der Waals surface area contributed by atoms with Crippen LogP contribution in [0.15, 0.2) is 12.4 Å². The lowest BCUT2D eigenvalue weighted by molar-refractivity contribution is 0.0694. The molecule has 78 valence electrons. The van der Waals surface area contributed by atoms with E-state index < -0.39 is 5.97 Å². The summed E-state index contributed by atoms with van der Waals surface area (Å²) in [4.78, 5) is 15.0. The van der Waals surface area contributed by atoms with Crippen molar-refractivity contribution in [2.75, 3.05) is 0 Å². The first-order valence-electron chi connectivity index (χ1n) is 4.54. The van der Waals surface area contributed by atoms with Crippen LogP contribution in [-0.4, -0.2) is 30.9 Å². The molecule has 0 spiro atoms. The van der Waals surface area contributed by atoms with Gasteiger partial charge in [-0.1, -0.05) is 19.1 Å². The first-order valence-corrected chi connectivity index (χ1v) is 4.54. The Balaban J connectivity index is 2.81. The summed E-state index contributed by atoms with van der Waals surface area (Å²) in [7, 11) is 0. The van der Waals surface area contributed by atoms with Crippen LogP contribution in [-0.2, 0) is 0 Å². The van der Waals surface area contributed by atoms with Gasteiger partial charge in [0, 0.05) is 6.20 Å². The Bertz CT molecular complexity index is 518. The van der Waals surface area contributed by atoms with Crippen LogP contribution in [0.5, 0.6) is 0 Å². The van der Waals surface area contributed by atoms with Crippen molar-refractivity contribution in [2.45, 2.75) is 19.8 Å². The fraction of sp³-hybridized carbons (Fsp3) is 0.333. The fourth-order valence-electron chi connectivity index (χ4n) is 1.52. The first kappa shape index (κ1) is 9.57. The van der Waals surface area contributed by atoms with Crippen LogP contribution in [0, 0.1) is 0 Å². The van der Waals surface area contributed by atoms with Gasteiger partial charge in [-0.25, -0.2) is 9.78 Å². The summed E-state index contributed by atoms with van der Waals surface area (Å²) in [6.07, 6.45) is 2.84. The second kappa shape index (κ2) is 3.30. The number of carboxylic acids is 1. The second-order valence-corrected chi connectivity index (χ2v) is 3.52. The molecule has 0 atom stereocenters. The number of aromatic nitrogens is 4. The topological polar surface area (TPSA) is 80.4 Å². The molecule has 0 aliphatic heterocycles. The van der Waals surface area contributed by atoms with Crippen LogP contribution >= 0.6 is 0 Å². The maximum absolute atomic E-state index is 11.0. The van der Waals surface area contributed by atoms with Crippen molar-refractivity contribution >= 4 is 11.6 Å². The van der Waals surface area contributed by atoms with Crippen LogP contribution in [0.3, 0.4) is 0 Å². The SMILES string of the molecule is CC(C)c1c(C(=O)O)cnc2cnnn12. The Morgan fingerprint density at radius 1 is 1.47 bits per heavy atom. The molecule has 0 saturated carbocycles. The number of carbonyl (C=O) groups is 1. The molecular formula is C9H10N4O2. The Kier molecular flexibility index (Phi) is 2.11. The number of aromatic carboxylic acids is 1. The highest BCUT2D eigenvalue weighted by molar-refractivity contribution is 5.89. The predicted molar refractivity (Wildman–Crippen MR) is 51.8 cm³/mol. The van der Waals surface area contributed by atoms with Gasteiger partial charge < -0.3 is 5.11 Å². The highest BCUT2D eigenvalue weighted by Crippen LogP contribution is 2.18. The number of hydrogen-bond donors (Lipinski definition) is 1. The summed E-state index contributed by atoms with van der Waals surface area (Å²) >= 11 is 0. The Labute approximate surface area is 85.6 Å². The van der Waals surface area contributed by atoms with Crippen LogP contribution in [0.1, 0.15) is 35.8 Å². The largest absolute Gasteiger partial charge is 0.478 e. The van der Waals surface area contributed by atoms with Gasteiger partial charge in [-0.3, -0.25) is 0 Å². The highest BCUT2D eigenvalue weighted by atomic mass is 16.4. The summed E-state index contributed by atoms with van der Waals surface area (Å²) in [5.41, 5.74) is 1.34. The lowest BCUT2D eigenvalue weighted by Crippen LogP contribution is -2.11. The average molecular weight is 206 g/mol. The number of nitrogens with zero attached hydrogens (tertiary/aromatic N) is 4. The quantitative estimate of drug-likeness (QED) is 0.791. The van der Waals surface area contributed by atoms with Crippen molar-refractivity contribution in [3.05, 3.63) is 23.7 Å². The van der Waals surface area contributed by atoms with Gasteiger partial charge >= 0.3 is 5.97 Å². The number of carboxylic acid groups (broad SMARTS) is 1. The molecule has 0 fully saturated rings. The van der Waals surface area contributed by atoms with Crippen LogP contribution in [0.4, 0.5) is 0 Å². The van der Waals surface area contributed by atoms with Gasteiger partial charge in [0.2, 0.25) is 0 Å². The normalized spacial score (nSPS) is 11.1. The monoisotopic (exact) mass is 206 g/mol. The smallest absolute Gasteiger partial charge is 0.339 e. The molecule has 0 aliphatic carbocycles. The first-order chi connectivity index (χ1) is 7.11. The van der Waals surface area contributed by atoms with E-state index in [1.165, 1.54) is 16.9 Å². The molecule has 6 heteroatoms. The summed E-state index contributed by atoms with van der Waals surface area (Å²) in [6, 6.07) is 0. The molecule has 2 aromatic heterocycles. The van der Waals surface area contributed by atoms with Crippen LogP contribution in [0.2, 0.25) is 0 Å². The van der Waals surface area contributed by atoms with Crippen molar-refractivity contribution in [1.29, 1.82) is 0 Å². The predicted octanol–water partition coefficient (Wildman–Crippen LogP) is 0.946. The molecule has 0 radical (unpaired) electrons. The van der Waals surface area contributed by atoms with E-state index in [2.05, 4.69) is 15.3 Å². The Morgan fingerprint density at radius 2 is 2.20 bits per heavy atom. The van der Waals surface area contributed by atoms with Gasteiger partial charge in [-0.05, 0) is 5.92 Å². The zero-order valence-corrected chi connectivity index (χ0v) is 8.38. The second-order valence-electron chi connectivity index (χ2n) is 3.52. The summed E-state index contributed by atoms with van der Waals surface area (Å²) < 4.78 is 1.47. The van der Waals surface area contributed by atoms with E-state index in [-0.39, 0.29) is 11.5 Å². The van der Waals surface area contributed by atoms with Crippen molar-refractivity contribution in [2.24, 2.45) is 0 Å². The van der Waals surface area contributed by atoms with Crippen molar-refractivity contribution < 1.29 is 9.90 Å². The summed E-state index contributed by atoms with van der Waals surface area (Å²) in [5.74, 6) is -0.952. The maximum atomic E-state index is 11.0. The van der Waals surface area contributed by atoms with Gasteiger partial charge in [-0.2, -0.15) is 4.52 Å². The van der Waals surface area contributed by atoms with Gasteiger partial charge in [0.15, 0.2) is 5.65 Å². The van der Waals surface area contributed by atoms with Gasteiger partial charge in [0.05, 0.1) is 17.5 Å². The molecule has 15 heavy (non-hydrogen) atoms. The molecule has 0 unspecified atom stereocenters. The minimum atomic E-state index is -0.997. The molecule has 2 aromatic rings. The van der Waals surface area contributed by atoms with E-state index in [4.69, 9.17) is 5.11 Å². The van der Waals surface area contributed by atoms with E-state index in [1.54, 1.807) is 0 Å². The van der Waals surface area contributed by atoms with Crippen molar-refractivity contribution in [3.63, 3.8) is 0 Å². The minimum absolute atomic E-state index is 0.0447. The third kappa shape index (κ3) is 1.43. The lowest BCUT2D eigenvalue weighted by Gasteiger charge is -2.10. The van der Waals surface area contributed by atoms with Crippen LogP contribution in [0.25, 0.3) is 5.65 Å². The fourth-order valence-corrected chi connectivity index (χ4v) is 1.52. The number of fused-ring (bicyclic) bond motifs is 1. The van der Waals surface area contributed by atoms with Crippen molar-refractivity contribution in [1.82, 2.24) is 19.8 Å². The van der Waals surface area contributed by atoms with Gasteiger partial charge in [-0.15, -0.1) is 5.10 Å². The van der Waals surface area contributed by atoms with E-state index in [0.29, 0.717) is 11.3 Å². The van der Waals surface area contributed by atoms with Crippen LogP contribution < -0.4 is 0 Å². The lowest BCUT2D eigenvalue weighted by atomic mass is 10.1. The van der Waals surface area contributed by atoms with E-state index >= 15 is 0 Å². The zero-order chi connectivity index (χ0) is 11.0. The molecule has 0 aliphatic rings. The summed E-state index contributed by atoms with van der Waals surface area (Å²) in [6.45, 7) is 3.81. The standard InChI is InChI=1S/C9H10N4O2/c1-5(2)8-6(9(14)15)3-10-7-4-11-12-13(7)8/h3-5H,1-2H3,(H,14,15). The third-order valence-electron chi connectivity index (χ3n) is 2.14. The molecule has 2 heterocycles. The molecule has 2 rings (SSSR count). The summed E-state index contributed by atoms with van der Waals surface area (Å²) in [5, 5.41) is 16.5. The third-order valence-corrected chi connectivity index (χ3v) is 2.14. The van der Waals surface area contributed by atoms with Gasteiger partial charge in [0.25, 0.3) is 0 Å². The number of hydrogen-bond acceptors (Lipinski definition) is 4. The molecule has 0 amide bonds. The van der Waals surface area contributed by atoms with E-state index in [9.17, 15) is 4.79 Å². The maximum Gasteiger partial charge on any atom is 0.339 e. The zero-order valence-electron chi connectivity index (χ0n) is 8.38. The molecule has 6 nitrogen and oxygen atoms in total. The molecule has 0 saturated heterocycles. The molecule has 0 bridgehead atoms. The minimum Gasteiger partial charge on any atom is -0.478 e. The average Bonchev–Trinajstić information content (AvgIpc) is 2.62. The van der Waals surface area contributed by atoms with E-state index in [1.807, 2.05) is 13.8 Å². The van der Waals surface area contributed by atoms with E-state index in [0.717, 1.165) is 0 Å². The Morgan fingerprint density at radius 3 is 2.80 bits per heavy atom. The highest BCUT2D eigenvalue weighted by Gasteiger charge is 2.18. The molecular weight excluding hydrogens is 196 g/mol. The molecule has 0 aromatic carbocycles. The van der Waals surface area contributed by atoms with Crippen molar-refractivity contribution in [3.8, 4) is 0 Å². The molecule has 1 N–H and O–H groups in total. The Hall–Kier alpha value is -1.98. The number of rotatable bonds is 2. The van der Waals surface area contributed by atoms with Gasteiger partial charge in [0.1, 0.15) is 0 Å².